The first-order valence-corrected chi connectivity index (χ1v) is 10.1. The van der Waals surface area contributed by atoms with Gasteiger partial charge in [-0.25, -0.2) is 9.18 Å². The van der Waals surface area contributed by atoms with Crippen molar-refractivity contribution >= 4 is 46.3 Å². The smallest absolute Gasteiger partial charge is 0.335 e. The predicted molar refractivity (Wildman–Crippen MR) is 116 cm³/mol. The van der Waals surface area contributed by atoms with Crippen molar-refractivity contribution in [3.05, 3.63) is 88.3 Å². The number of aromatic carboxylic acids is 1. The van der Waals surface area contributed by atoms with Gasteiger partial charge in [-0.3, -0.25) is 9.69 Å². The van der Waals surface area contributed by atoms with Crippen LogP contribution >= 0.6 is 24.0 Å². The number of hydrogen-bond acceptors (Lipinski definition) is 5. The van der Waals surface area contributed by atoms with Crippen LogP contribution in [0.1, 0.15) is 21.7 Å². The predicted octanol–water partition coefficient (Wildman–Crippen LogP) is 5.19. The molecule has 0 spiro atoms. The van der Waals surface area contributed by atoms with Crippen LogP contribution in [0.4, 0.5) is 4.39 Å². The van der Waals surface area contributed by atoms with Crippen molar-refractivity contribution < 1.29 is 23.5 Å². The van der Waals surface area contributed by atoms with Crippen LogP contribution in [-0.2, 0) is 11.3 Å². The van der Waals surface area contributed by atoms with Gasteiger partial charge in [0, 0.05) is 11.6 Å². The molecule has 0 radical (unpaired) electrons. The summed E-state index contributed by atoms with van der Waals surface area (Å²) in [4.78, 5) is 25.6. The van der Waals surface area contributed by atoms with Crippen LogP contribution in [0.25, 0.3) is 17.4 Å². The van der Waals surface area contributed by atoms with E-state index in [9.17, 15) is 14.0 Å². The molecule has 1 fully saturated rings. The van der Waals surface area contributed by atoms with Crippen LogP contribution in [0.5, 0.6) is 0 Å². The summed E-state index contributed by atoms with van der Waals surface area (Å²) in [6.45, 7) is 0.265. The number of halogens is 1. The summed E-state index contributed by atoms with van der Waals surface area (Å²) in [5.74, 6) is -0.535. The Kier molecular flexibility index (Phi) is 5.52. The minimum Gasteiger partial charge on any atom is -0.478 e. The second kappa shape index (κ2) is 8.25. The number of carbonyl (C=O) groups is 2. The molecule has 4 rings (SSSR count). The van der Waals surface area contributed by atoms with E-state index in [4.69, 9.17) is 21.7 Å². The van der Waals surface area contributed by atoms with Crippen LogP contribution in [0.2, 0.25) is 0 Å². The van der Waals surface area contributed by atoms with Gasteiger partial charge in [-0.2, -0.15) is 0 Å². The molecular weight excluding hydrogens is 425 g/mol. The van der Waals surface area contributed by atoms with Crippen LogP contribution < -0.4 is 0 Å². The molecule has 1 amide bonds. The lowest BCUT2D eigenvalue weighted by atomic mass is 10.1. The third kappa shape index (κ3) is 4.19. The molecule has 1 aromatic heterocycles. The van der Waals surface area contributed by atoms with Gasteiger partial charge in [0.1, 0.15) is 21.7 Å². The summed E-state index contributed by atoms with van der Waals surface area (Å²) in [6, 6.07) is 15.7. The largest absolute Gasteiger partial charge is 0.478 e. The summed E-state index contributed by atoms with van der Waals surface area (Å²) in [6.07, 6.45) is 1.62. The van der Waals surface area contributed by atoms with Gasteiger partial charge < -0.3 is 9.52 Å². The Bertz CT molecular complexity index is 1170. The zero-order valence-electron chi connectivity index (χ0n) is 15.4. The van der Waals surface area contributed by atoms with Gasteiger partial charge in [-0.05, 0) is 42.0 Å². The summed E-state index contributed by atoms with van der Waals surface area (Å²) in [7, 11) is 0. The fourth-order valence-corrected chi connectivity index (χ4v) is 4.14. The molecule has 1 saturated heterocycles. The van der Waals surface area contributed by atoms with E-state index < -0.39 is 5.97 Å². The monoisotopic (exact) mass is 439 g/mol. The molecule has 0 unspecified atom stereocenters. The number of rotatable bonds is 5. The molecule has 0 bridgehead atoms. The van der Waals surface area contributed by atoms with Gasteiger partial charge in [-0.1, -0.05) is 48.2 Å². The fourth-order valence-electron chi connectivity index (χ4n) is 2.90. The Morgan fingerprint density at radius 1 is 1.10 bits per heavy atom. The highest BCUT2D eigenvalue weighted by Crippen LogP contribution is 2.34. The molecule has 0 saturated carbocycles. The minimum absolute atomic E-state index is 0.190. The third-order valence-electron chi connectivity index (χ3n) is 4.44. The fraction of sp³-hybridized carbons (Fsp3) is 0.0455. The van der Waals surface area contributed by atoms with E-state index in [-0.39, 0.29) is 23.8 Å². The average molecular weight is 439 g/mol. The Balaban J connectivity index is 1.51. The molecule has 30 heavy (non-hydrogen) atoms. The van der Waals surface area contributed by atoms with E-state index in [1.54, 1.807) is 42.5 Å². The van der Waals surface area contributed by atoms with Crippen molar-refractivity contribution in [3.63, 3.8) is 0 Å². The number of carboxylic acids is 1. The van der Waals surface area contributed by atoms with Crippen molar-refractivity contribution in [1.82, 2.24) is 4.90 Å². The maximum absolute atomic E-state index is 13.1. The van der Waals surface area contributed by atoms with Gasteiger partial charge in [-0.15, -0.1) is 0 Å². The van der Waals surface area contributed by atoms with Crippen molar-refractivity contribution in [2.75, 3.05) is 0 Å². The van der Waals surface area contributed by atoms with E-state index in [0.717, 1.165) is 11.1 Å². The lowest BCUT2D eigenvalue weighted by Crippen LogP contribution is -2.27. The number of nitrogens with zero attached hydrogens (tertiary/aromatic N) is 1. The number of hydrogen-bond donors (Lipinski definition) is 1. The molecule has 2 heterocycles. The highest BCUT2D eigenvalue weighted by Gasteiger charge is 2.32. The summed E-state index contributed by atoms with van der Waals surface area (Å²) in [5.41, 5.74) is 1.69. The highest BCUT2D eigenvalue weighted by atomic mass is 32.2. The van der Waals surface area contributed by atoms with Gasteiger partial charge in [0.15, 0.2) is 0 Å². The Morgan fingerprint density at radius 2 is 1.80 bits per heavy atom. The minimum atomic E-state index is -0.996. The molecule has 1 aliphatic rings. The van der Waals surface area contributed by atoms with E-state index in [0.29, 0.717) is 20.7 Å². The SMILES string of the molecule is O=C(O)c1ccc(-c2ccc(/C=C3\SC(=S)N(Cc4ccc(F)cc4)C3=O)o2)cc1. The van der Waals surface area contributed by atoms with E-state index in [2.05, 4.69) is 0 Å². The molecule has 1 aliphatic heterocycles. The van der Waals surface area contributed by atoms with Gasteiger partial charge in [0.25, 0.3) is 5.91 Å². The van der Waals surface area contributed by atoms with Crippen molar-refractivity contribution in [3.8, 4) is 11.3 Å². The number of benzene rings is 2. The van der Waals surface area contributed by atoms with E-state index in [1.807, 2.05) is 0 Å². The number of furan rings is 1. The van der Waals surface area contributed by atoms with Crippen molar-refractivity contribution in [1.29, 1.82) is 0 Å². The highest BCUT2D eigenvalue weighted by molar-refractivity contribution is 8.26. The number of carbonyl (C=O) groups excluding carboxylic acids is 1. The number of carboxylic acid groups (broad SMARTS) is 1. The maximum Gasteiger partial charge on any atom is 0.335 e. The molecule has 0 aliphatic carbocycles. The maximum atomic E-state index is 13.1. The average Bonchev–Trinajstić information content (AvgIpc) is 3.30. The molecule has 0 atom stereocenters. The van der Waals surface area contributed by atoms with Crippen LogP contribution in [0.15, 0.2) is 70.0 Å². The van der Waals surface area contributed by atoms with Crippen molar-refractivity contribution in [2.24, 2.45) is 0 Å². The molecule has 3 aromatic rings. The molecule has 8 heteroatoms. The summed E-state index contributed by atoms with van der Waals surface area (Å²) < 4.78 is 19.3. The van der Waals surface area contributed by atoms with E-state index in [1.165, 1.54) is 40.9 Å². The van der Waals surface area contributed by atoms with Crippen LogP contribution in [0.3, 0.4) is 0 Å². The van der Waals surface area contributed by atoms with Gasteiger partial charge in [0.2, 0.25) is 0 Å². The number of thiocarbonyl (C=S) groups is 1. The molecule has 2 aromatic carbocycles. The van der Waals surface area contributed by atoms with E-state index >= 15 is 0 Å². The van der Waals surface area contributed by atoms with Crippen LogP contribution in [0, 0.1) is 5.82 Å². The lowest BCUT2D eigenvalue weighted by molar-refractivity contribution is -0.122. The molecule has 5 nitrogen and oxygen atoms in total. The third-order valence-corrected chi connectivity index (χ3v) is 5.82. The van der Waals surface area contributed by atoms with Gasteiger partial charge >= 0.3 is 5.97 Å². The lowest BCUT2D eigenvalue weighted by Gasteiger charge is -2.14. The standard InChI is InChI=1S/C22H14FNO4S2/c23-16-7-1-13(2-8-16)12-24-20(25)19(30-22(24)29)11-17-9-10-18(28-17)14-3-5-15(6-4-14)21(26)27/h1-11H,12H2,(H,26,27)/b19-11-. The topological polar surface area (TPSA) is 70.8 Å². The van der Waals surface area contributed by atoms with Crippen LogP contribution in [-0.4, -0.2) is 26.2 Å². The summed E-state index contributed by atoms with van der Waals surface area (Å²) >= 11 is 6.50. The summed E-state index contributed by atoms with van der Waals surface area (Å²) in [5, 5.41) is 8.99. The molecule has 150 valence electrons. The quantitative estimate of drug-likeness (QED) is 0.436. The van der Waals surface area contributed by atoms with Crippen molar-refractivity contribution in [2.45, 2.75) is 6.54 Å². The first-order chi connectivity index (χ1) is 14.4. The molecular formula is C22H14FNO4S2. The Hall–Kier alpha value is -3.23. The second-order valence-corrected chi connectivity index (χ2v) is 8.15. The Labute approximate surface area is 180 Å². The normalized spacial score (nSPS) is 15.2. The first-order valence-electron chi connectivity index (χ1n) is 8.84. The zero-order chi connectivity index (χ0) is 21.3. The van der Waals surface area contributed by atoms with Gasteiger partial charge in [0.05, 0.1) is 17.0 Å². The number of thioether (sulfide) groups is 1. The Morgan fingerprint density at radius 3 is 2.47 bits per heavy atom. The zero-order valence-corrected chi connectivity index (χ0v) is 17.0. The second-order valence-electron chi connectivity index (χ2n) is 6.48. The molecule has 1 N–H and O–H groups in total. The first kappa shape index (κ1) is 20.1. The number of amides is 1.